The Bertz CT molecular complexity index is 575. The summed E-state index contributed by atoms with van der Waals surface area (Å²) in [5.41, 5.74) is 0.0606. The molecule has 0 heterocycles. The lowest BCUT2D eigenvalue weighted by Crippen LogP contribution is -2.45. The fourth-order valence-corrected chi connectivity index (χ4v) is 1.77. The zero-order valence-electron chi connectivity index (χ0n) is 14.9. The van der Waals surface area contributed by atoms with Gasteiger partial charge in [-0.05, 0) is 26.3 Å². The fraction of sp³-hybridized carbons (Fsp3) is 0.500. The molecule has 0 aromatic heterocycles. The maximum absolute atomic E-state index is 12.2. The first kappa shape index (κ1) is 19.7. The minimum atomic E-state index is -0.849. The molecule has 6 nitrogen and oxygen atoms in total. The lowest BCUT2D eigenvalue weighted by atomic mass is 10.2. The summed E-state index contributed by atoms with van der Waals surface area (Å²) < 4.78 is 10.3. The van der Waals surface area contributed by atoms with E-state index in [1.54, 1.807) is 34.6 Å². The van der Waals surface area contributed by atoms with Crippen molar-refractivity contribution in [2.24, 2.45) is 5.92 Å². The van der Waals surface area contributed by atoms with E-state index in [0.29, 0.717) is 0 Å². The van der Waals surface area contributed by atoms with Crippen LogP contribution in [0.2, 0.25) is 0 Å². The SMILES string of the molecule is CC(C)C(=O)N(CC(=O)OCc1ccccc1)C(=O)OC(C)(C)C. The van der Waals surface area contributed by atoms with Crippen LogP contribution in [0.1, 0.15) is 40.2 Å². The maximum Gasteiger partial charge on any atom is 0.417 e. The molecule has 1 aromatic carbocycles. The highest BCUT2D eigenvalue weighted by molar-refractivity contribution is 5.96. The van der Waals surface area contributed by atoms with Crippen LogP contribution in [0.25, 0.3) is 0 Å². The van der Waals surface area contributed by atoms with Gasteiger partial charge in [-0.3, -0.25) is 9.59 Å². The molecule has 2 amide bonds. The van der Waals surface area contributed by atoms with E-state index in [9.17, 15) is 14.4 Å². The van der Waals surface area contributed by atoms with Crippen molar-refractivity contribution in [3.8, 4) is 0 Å². The largest absolute Gasteiger partial charge is 0.459 e. The zero-order chi connectivity index (χ0) is 18.3. The quantitative estimate of drug-likeness (QED) is 0.773. The molecule has 1 aromatic rings. The van der Waals surface area contributed by atoms with Crippen LogP contribution in [0, 0.1) is 5.92 Å². The van der Waals surface area contributed by atoms with Crippen molar-refractivity contribution < 1.29 is 23.9 Å². The Morgan fingerprint density at radius 2 is 1.67 bits per heavy atom. The lowest BCUT2D eigenvalue weighted by Gasteiger charge is -2.26. The Kier molecular flexibility index (Phi) is 6.95. The summed E-state index contributed by atoms with van der Waals surface area (Å²) in [4.78, 5) is 37.2. The van der Waals surface area contributed by atoms with E-state index in [-0.39, 0.29) is 6.61 Å². The van der Waals surface area contributed by atoms with Crippen molar-refractivity contribution in [2.45, 2.75) is 46.8 Å². The van der Waals surface area contributed by atoms with E-state index in [4.69, 9.17) is 9.47 Å². The first-order valence-electron chi connectivity index (χ1n) is 7.84. The molecule has 0 atom stereocenters. The second kappa shape index (κ2) is 8.47. The molecule has 0 aliphatic carbocycles. The number of benzene rings is 1. The van der Waals surface area contributed by atoms with Gasteiger partial charge in [0.25, 0.3) is 0 Å². The van der Waals surface area contributed by atoms with E-state index in [1.165, 1.54) is 0 Å². The molecule has 1 rings (SSSR count). The van der Waals surface area contributed by atoms with Gasteiger partial charge in [0.05, 0.1) is 0 Å². The summed E-state index contributed by atoms with van der Waals surface area (Å²) in [6.07, 6.45) is -0.849. The fourth-order valence-electron chi connectivity index (χ4n) is 1.77. The van der Waals surface area contributed by atoms with E-state index in [2.05, 4.69) is 0 Å². The number of esters is 1. The van der Waals surface area contributed by atoms with Gasteiger partial charge < -0.3 is 9.47 Å². The van der Waals surface area contributed by atoms with Gasteiger partial charge in [-0.2, -0.15) is 0 Å². The van der Waals surface area contributed by atoms with Crippen LogP contribution >= 0.6 is 0 Å². The molecule has 6 heteroatoms. The predicted molar refractivity (Wildman–Crippen MR) is 89.0 cm³/mol. The number of nitrogens with zero attached hydrogens (tertiary/aromatic N) is 1. The van der Waals surface area contributed by atoms with Gasteiger partial charge in [-0.15, -0.1) is 0 Å². The third kappa shape index (κ3) is 6.81. The summed E-state index contributed by atoms with van der Waals surface area (Å²) in [5, 5.41) is 0. The van der Waals surface area contributed by atoms with Crippen molar-refractivity contribution in [2.75, 3.05) is 6.54 Å². The highest BCUT2D eigenvalue weighted by Crippen LogP contribution is 2.12. The average molecular weight is 335 g/mol. The molecule has 0 fully saturated rings. The Morgan fingerprint density at radius 3 is 2.17 bits per heavy atom. The van der Waals surface area contributed by atoms with E-state index < -0.39 is 36.0 Å². The van der Waals surface area contributed by atoms with Gasteiger partial charge in [0.1, 0.15) is 18.8 Å². The minimum absolute atomic E-state index is 0.0811. The zero-order valence-corrected chi connectivity index (χ0v) is 14.9. The first-order valence-corrected chi connectivity index (χ1v) is 7.84. The highest BCUT2D eigenvalue weighted by Gasteiger charge is 2.30. The molecule has 0 spiro atoms. The van der Waals surface area contributed by atoms with Crippen LogP contribution in [-0.4, -0.2) is 35.0 Å². The number of amides is 2. The van der Waals surface area contributed by atoms with Crippen LogP contribution in [0.15, 0.2) is 30.3 Å². The average Bonchev–Trinajstić information content (AvgIpc) is 2.49. The topological polar surface area (TPSA) is 72.9 Å². The number of ether oxygens (including phenoxy) is 2. The number of carbonyl (C=O) groups is 3. The van der Waals surface area contributed by atoms with Crippen molar-refractivity contribution in [1.29, 1.82) is 0 Å². The van der Waals surface area contributed by atoms with Crippen LogP contribution in [-0.2, 0) is 25.7 Å². The number of carbonyl (C=O) groups excluding carboxylic acids is 3. The molecule has 0 saturated carbocycles. The normalized spacial score (nSPS) is 11.1. The van der Waals surface area contributed by atoms with Crippen LogP contribution in [0.3, 0.4) is 0 Å². The second-order valence-corrected chi connectivity index (χ2v) is 6.71. The van der Waals surface area contributed by atoms with Crippen LogP contribution in [0.5, 0.6) is 0 Å². The molecule has 0 aliphatic heterocycles. The summed E-state index contributed by atoms with van der Waals surface area (Å²) in [5.74, 6) is -1.60. The predicted octanol–water partition coefficient (Wildman–Crippen LogP) is 3.15. The maximum atomic E-state index is 12.2. The smallest absolute Gasteiger partial charge is 0.417 e. The number of rotatable bonds is 5. The van der Waals surface area contributed by atoms with Crippen LogP contribution < -0.4 is 0 Å². The van der Waals surface area contributed by atoms with E-state index >= 15 is 0 Å². The Hall–Kier alpha value is -2.37. The van der Waals surface area contributed by atoms with Gasteiger partial charge in [-0.25, -0.2) is 9.69 Å². The third-order valence-electron chi connectivity index (χ3n) is 2.90. The minimum Gasteiger partial charge on any atom is -0.459 e. The van der Waals surface area contributed by atoms with Gasteiger partial charge >= 0.3 is 12.1 Å². The van der Waals surface area contributed by atoms with Crippen molar-refractivity contribution in [3.63, 3.8) is 0 Å². The molecule has 0 bridgehead atoms. The Labute approximate surface area is 142 Å². The molecule has 0 aliphatic rings. The number of hydrogen-bond acceptors (Lipinski definition) is 5. The molecular formula is C18H25NO5. The van der Waals surface area contributed by atoms with E-state index in [0.717, 1.165) is 10.5 Å². The number of hydrogen-bond donors (Lipinski definition) is 0. The summed E-state index contributed by atoms with van der Waals surface area (Å²) >= 11 is 0. The first-order chi connectivity index (χ1) is 11.1. The monoisotopic (exact) mass is 335 g/mol. The van der Waals surface area contributed by atoms with Gasteiger partial charge in [-0.1, -0.05) is 44.2 Å². The van der Waals surface area contributed by atoms with Crippen molar-refractivity contribution in [3.05, 3.63) is 35.9 Å². The molecule has 132 valence electrons. The molecule has 0 radical (unpaired) electrons. The van der Waals surface area contributed by atoms with Gasteiger partial charge in [0, 0.05) is 5.92 Å². The molecule has 0 N–H and O–H groups in total. The molecular weight excluding hydrogens is 310 g/mol. The van der Waals surface area contributed by atoms with Gasteiger partial charge in [0.2, 0.25) is 5.91 Å². The summed E-state index contributed by atoms with van der Waals surface area (Å²) in [7, 11) is 0. The number of imide groups is 1. The molecule has 0 saturated heterocycles. The Morgan fingerprint density at radius 1 is 1.08 bits per heavy atom. The molecule has 0 unspecified atom stereocenters. The highest BCUT2D eigenvalue weighted by atomic mass is 16.6. The summed E-state index contributed by atoms with van der Waals surface area (Å²) in [6.45, 7) is 7.98. The lowest BCUT2D eigenvalue weighted by molar-refractivity contribution is -0.150. The molecule has 24 heavy (non-hydrogen) atoms. The van der Waals surface area contributed by atoms with E-state index in [1.807, 2.05) is 30.3 Å². The van der Waals surface area contributed by atoms with Crippen molar-refractivity contribution in [1.82, 2.24) is 4.90 Å². The van der Waals surface area contributed by atoms with Crippen LogP contribution in [0.4, 0.5) is 4.79 Å². The second-order valence-electron chi connectivity index (χ2n) is 6.71. The van der Waals surface area contributed by atoms with Gasteiger partial charge in [0.15, 0.2) is 0 Å². The Balaban J connectivity index is 2.71. The van der Waals surface area contributed by atoms with Crippen molar-refractivity contribution >= 4 is 18.0 Å². The standard InChI is InChI=1S/C18H25NO5/c1-13(2)16(21)19(17(22)24-18(3,4)5)11-15(20)23-12-14-9-7-6-8-10-14/h6-10,13H,11-12H2,1-5H3. The third-order valence-corrected chi connectivity index (χ3v) is 2.90. The summed E-state index contributed by atoms with van der Waals surface area (Å²) in [6, 6.07) is 9.16.